The summed E-state index contributed by atoms with van der Waals surface area (Å²) < 4.78 is 1.36. The van der Waals surface area contributed by atoms with E-state index in [2.05, 4.69) is 15.3 Å². The van der Waals surface area contributed by atoms with E-state index in [0.717, 1.165) is 15.9 Å². The van der Waals surface area contributed by atoms with Gasteiger partial charge < -0.3 is 5.32 Å². The van der Waals surface area contributed by atoms with E-state index >= 15 is 0 Å². The van der Waals surface area contributed by atoms with Crippen LogP contribution in [0.15, 0.2) is 57.1 Å². The molecule has 0 unspecified atom stereocenters. The van der Waals surface area contributed by atoms with Crippen LogP contribution >= 0.6 is 11.8 Å². The summed E-state index contributed by atoms with van der Waals surface area (Å²) in [5.74, 6) is 0.195. The molecule has 140 valence electrons. The number of carbonyl (C=O) groups excluding carboxylic acids is 1. The number of hydrogen-bond donors (Lipinski definition) is 2. The van der Waals surface area contributed by atoms with Gasteiger partial charge in [0.1, 0.15) is 5.82 Å². The van der Waals surface area contributed by atoms with E-state index in [1.54, 1.807) is 0 Å². The van der Waals surface area contributed by atoms with Crippen LogP contribution in [0.3, 0.4) is 0 Å². The number of para-hydroxylation sites is 1. The number of aromatic amines is 1. The Balaban J connectivity index is 1.72. The second-order valence-electron chi connectivity index (χ2n) is 6.51. The first-order valence-corrected chi connectivity index (χ1v) is 9.53. The smallest absolute Gasteiger partial charge is 0.311 e. The molecule has 2 N–H and O–H groups in total. The third-order valence-electron chi connectivity index (χ3n) is 3.77. The molecule has 0 spiro atoms. The Bertz CT molecular complexity index is 1090. The van der Waals surface area contributed by atoms with E-state index in [1.807, 2.05) is 50.2 Å². The average molecular weight is 384 g/mol. The molecule has 0 radical (unpaired) electrons. The quantitative estimate of drug-likeness (QED) is 0.637. The molecule has 8 heteroatoms. The maximum atomic E-state index is 12.3. The summed E-state index contributed by atoms with van der Waals surface area (Å²) in [6.45, 7) is 4.29. The molecule has 3 aromatic rings. The van der Waals surface area contributed by atoms with Crippen molar-refractivity contribution < 1.29 is 4.79 Å². The Kier molecular flexibility index (Phi) is 5.75. The van der Waals surface area contributed by atoms with E-state index in [0.29, 0.717) is 6.54 Å². The van der Waals surface area contributed by atoms with Gasteiger partial charge in [0.05, 0.1) is 16.3 Å². The van der Waals surface area contributed by atoms with Gasteiger partial charge >= 0.3 is 5.69 Å². The molecule has 0 bridgehead atoms. The molecule has 2 aromatic heterocycles. The number of hydrogen-bond acceptors (Lipinski definition) is 5. The average Bonchev–Trinajstić information content (AvgIpc) is 2.62. The van der Waals surface area contributed by atoms with Crippen molar-refractivity contribution in [3.8, 4) is 0 Å². The zero-order chi connectivity index (χ0) is 19.4. The minimum Gasteiger partial charge on any atom is -0.311 e. The summed E-state index contributed by atoms with van der Waals surface area (Å²) in [7, 11) is 0. The molecule has 27 heavy (non-hydrogen) atoms. The maximum absolute atomic E-state index is 12.3. The van der Waals surface area contributed by atoms with Gasteiger partial charge in [-0.1, -0.05) is 49.9 Å². The number of anilines is 1. The number of rotatable bonds is 6. The molecule has 0 aliphatic carbocycles. The predicted octanol–water partition coefficient (Wildman–Crippen LogP) is 2.47. The zero-order valence-corrected chi connectivity index (χ0v) is 15.9. The van der Waals surface area contributed by atoms with Crippen LogP contribution in [0.4, 0.5) is 5.82 Å². The highest BCUT2D eigenvalue weighted by molar-refractivity contribution is 7.99. The molecule has 0 fully saturated rings. The fourth-order valence-electron chi connectivity index (χ4n) is 2.62. The molecule has 2 heterocycles. The largest absolute Gasteiger partial charge is 0.329 e. The van der Waals surface area contributed by atoms with Crippen molar-refractivity contribution in [2.45, 2.75) is 25.4 Å². The molecule has 0 saturated carbocycles. The van der Waals surface area contributed by atoms with Gasteiger partial charge in [-0.15, -0.1) is 0 Å². The van der Waals surface area contributed by atoms with Crippen LogP contribution in [-0.4, -0.2) is 26.2 Å². The molecule has 7 nitrogen and oxygen atoms in total. The van der Waals surface area contributed by atoms with Gasteiger partial charge in [0.2, 0.25) is 5.91 Å². The Hall–Kier alpha value is -2.87. The first kappa shape index (κ1) is 18.9. The Morgan fingerprint density at radius 1 is 1.22 bits per heavy atom. The first-order chi connectivity index (χ1) is 12.9. The molecule has 1 amide bonds. The summed E-state index contributed by atoms with van der Waals surface area (Å²) in [4.78, 5) is 42.7. The second-order valence-corrected chi connectivity index (χ2v) is 7.50. The monoisotopic (exact) mass is 384 g/mol. The van der Waals surface area contributed by atoms with Gasteiger partial charge in [0.25, 0.3) is 5.56 Å². The number of carbonyl (C=O) groups is 1. The van der Waals surface area contributed by atoms with Crippen LogP contribution in [-0.2, 0) is 11.3 Å². The van der Waals surface area contributed by atoms with E-state index in [-0.39, 0.29) is 23.4 Å². The SMILES string of the molecule is CC(C)Cn1c(NC(=O)CSc2ccc3ccccc3n2)cc(=O)[nH]c1=O. The van der Waals surface area contributed by atoms with Crippen LogP contribution in [0.2, 0.25) is 0 Å². The van der Waals surface area contributed by atoms with Crippen molar-refractivity contribution >= 4 is 34.4 Å². The number of H-pyrrole nitrogens is 1. The summed E-state index contributed by atoms with van der Waals surface area (Å²) >= 11 is 1.29. The Labute approximate surface area is 159 Å². The Morgan fingerprint density at radius 3 is 2.78 bits per heavy atom. The molecule has 3 rings (SSSR count). The molecule has 0 aliphatic heterocycles. The lowest BCUT2D eigenvalue weighted by Gasteiger charge is -2.14. The van der Waals surface area contributed by atoms with E-state index in [1.165, 1.54) is 22.4 Å². The lowest BCUT2D eigenvalue weighted by Crippen LogP contribution is -2.34. The van der Waals surface area contributed by atoms with Gasteiger partial charge in [-0.3, -0.25) is 19.1 Å². The van der Waals surface area contributed by atoms with Crippen molar-refractivity contribution in [2.24, 2.45) is 5.92 Å². The fourth-order valence-corrected chi connectivity index (χ4v) is 3.29. The number of benzene rings is 1. The van der Waals surface area contributed by atoms with Crippen LogP contribution in [0.25, 0.3) is 10.9 Å². The van der Waals surface area contributed by atoms with Crippen LogP contribution in [0, 0.1) is 5.92 Å². The van der Waals surface area contributed by atoms with E-state index in [4.69, 9.17) is 0 Å². The number of nitrogens with one attached hydrogen (secondary N) is 2. The third-order valence-corrected chi connectivity index (χ3v) is 4.70. The third kappa shape index (κ3) is 4.85. The molecule has 0 saturated heterocycles. The minimum absolute atomic E-state index is 0.119. The number of aromatic nitrogens is 3. The molecule has 0 aliphatic rings. The standard InChI is InChI=1S/C19H20N4O3S/c1-12(2)10-23-15(9-16(24)22-19(23)26)21-17(25)11-27-18-8-7-13-5-3-4-6-14(13)20-18/h3-9,12H,10-11H2,1-2H3,(H,21,25)(H,22,24,26). The summed E-state index contributed by atoms with van der Waals surface area (Å²) in [5.41, 5.74) is -0.210. The van der Waals surface area contributed by atoms with Crippen molar-refractivity contribution in [3.63, 3.8) is 0 Å². The molecule has 0 atom stereocenters. The first-order valence-electron chi connectivity index (χ1n) is 8.55. The highest BCUT2D eigenvalue weighted by Crippen LogP contribution is 2.20. The van der Waals surface area contributed by atoms with Gasteiger partial charge in [-0.25, -0.2) is 9.78 Å². The van der Waals surface area contributed by atoms with E-state index in [9.17, 15) is 14.4 Å². The van der Waals surface area contributed by atoms with Gasteiger partial charge in [0.15, 0.2) is 0 Å². The van der Waals surface area contributed by atoms with Gasteiger partial charge in [-0.2, -0.15) is 0 Å². The van der Waals surface area contributed by atoms with Gasteiger partial charge in [-0.05, 0) is 18.1 Å². The summed E-state index contributed by atoms with van der Waals surface area (Å²) in [6, 6.07) is 12.8. The topological polar surface area (TPSA) is 96.8 Å². The number of thioether (sulfide) groups is 1. The number of fused-ring (bicyclic) bond motifs is 1. The summed E-state index contributed by atoms with van der Waals surface area (Å²) in [6.07, 6.45) is 0. The highest BCUT2D eigenvalue weighted by Gasteiger charge is 2.12. The highest BCUT2D eigenvalue weighted by atomic mass is 32.2. The van der Waals surface area contributed by atoms with Gasteiger partial charge in [0, 0.05) is 18.0 Å². The van der Waals surface area contributed by atoms with Crippen molar-refractivity contribution in [3.05, 3.63) is 63.3 Å². The van der Waals surface area contributed by atoms with Crippen LogP contribution in [0.5, 0.6) is 0 Å². The molecule has 1 aromatic carbocycles. The molecular formula is C19H20N4O3S. The number of nitrogens with zero attached hydrogens (tertiary/aromatic N) is 2. The lowest BCUT2D eigenvalue weighted by atomic mass is 10.2. The summed E-state index contributed by atoms with van der Waals surface area (Å²) in [5, 5.41) is 4.43. The molecular weight excluding hydrogens is 364 g/mol. The fraction of sp³-hybridized carbons (Fsp3) is 0.263. The minimum atomic E-state index is -0.542. The lowest BCUT2D eigenvalue weighted by molar-refractivity contribution is -0.113. The van der Waals surface area contributed by atoms with Crippen LogP contribution in [0.1, 0.15) is 13.8 Å². The zero-order valence-electron chi connectivity index (χ0n) is 15.1. The Morgan fingerprint density at radius 2 is 2.00 bits per heavy atom. The number of pyridine rings is 1. The van der Waals surface area contributed by atoms with Crippen molar-refractivity contribution in [1.82, 2.24) is 14.5 Å². The van der Waals surface area contributed by atoms with E-state index < -0.39 is 11.2 Å². The predicted molar refractivity (Wildman–Crippen MR) is 107 cm³/mol. The van der Waals surface area contributed by atoms with Crippen LogP contribution < -0.4 is 16.6 Å². The normalized spacial score (nSPS) is 11.1. The second kappa shape index (κ2) is 8.22. The maximum Gasteiger partial charge on any atom is 0.329 e. The van der Waals surface area contributed by atoms with Crippen molar-refractivity contribution in [2.75, 3.05) is 11.1 Å². The van der Waals surface area contributed by atoms with Crippen molar-refractivity contribution in [1.29, 1.82) is 0 Å². The number of amides is 1.